The van der Waals surface area contributed by atoms with E-state index in [-0.39, 0.29) is 5.91 Å². The molecule has 0 N–H and O–H groups in total. The highest BCUT2D eigenvalue weighted by atomic mass is 16.5. The van der Waals surface area contributed by atoms with Crippen molar-refractivity contribution in [3.05, 3.63) is 95.6 Å². The summed E-state index contributed by atoms with van der Waals surface area (Å²) in [5.41, 5.74) is 4.70. The SMILES string of the molecule is O=C1CCc2c(OCCCN3CCN(Cc4ccccc4)CC3)cccc2N1Cc1ccccc1. The highest BCUT2D eigenvalue weighted by molar-refractivity contribution is 5.96. The highest BCUT2D eigenvalue weighted by Gasteiger charge is 2.26. The molecule has 2 aliphatic heterocycles. The minimum atomic E-state index is 0.185. The number of fused-ring (bicyclic) bond motifs is 1. The Morgan fingerprint density at radius 3 is 2.06 bits per heavy atom. The Bertz CT molecular complexity index is 1100. The number of amides is 1. The maximum atomic E-state index is 12.7. The number of benzene rings is 3. The van der Waals surface area contributed by atoms with Crippen LogP contribution in [-0.4, -0.2) is 55.0 Å². The van der Waals surface area contributed by atoms with Gasteiger partial charge < -0.3 is 14.5 Å². The first-order valence-corrected chi connectivity index (χ1v) is 12.8. The van der Waals surface area contributed by atoms with Crippen LogP contribution in [0.1, 0.15) is 29.5 Å². The second kappa shape index (κ2) is 11.5. The molecule has 3 aromatic carbocycles. The van der Waals surface area contributed by atoms with Gasteiger partial charge in [-0.3, -0.25) is 9.69 Å². The van der Waals surface area contributed by atoms with Gasteiger partial charge in [0.1, 0.15) is 5.75 Å². The zero-order valence-corrected chi connectivity index (χ0v) is 20.4. The number of hydrogen-bond acceptors (Lipinski definition) is 4. The van der Waals surface area contributed by atoms with Crippen LogP contribution in [-0.2, 0) is 24.3 Å². The number of carbonyl (C=O) groups is 1. The Morgan fingerprint density at radius 2 is 1.34 bits per heavy atom. The van der Waals surface area contributed by atoms with Gasteiger partial charge in [0, 0.05) is 51.3 Å². The summed E-state index contributed by atoms with van der Waals surface area (Å²) in [6.07, 6.45) is 2.29. The molecule has 0 saturated carbocycles. The fourth-order valence-corrected chi connectivity index (χ4v) is 5.12. The molecule has 3 aromatic rings. The Kier molecular flexibility index (Phi) is 7.76. The maximum absolute atomic E-state index is 12.7. The average Bonchev–Trinajstić information content (AvgIpc) is 2.90. The number of piperazine rings is 1. The lowest BCUT2D eigenvalue weighted by Crippen LogP contribution is -2.46. The first-order valence-electron chi connectivity index (χ1n) is 12.8. The third kappa shape index (κ3) is 6.11. The lowest BCUT2D eigenvalue weighted by atomic mass is 9.99. The number of nitrogens with zero attached hydrogens (tertiary/aromatic N) is 3. The van der Waals surface area contributed by atoms with Gasteiger partial charge in [-0.2, -0.15) is 0 Å². The van der Waals surface area contributed by atoms with E-state index in [0.29, 0.717) is 19.6 Å². The number of rotatable bonds is 9. The fraction of sp³-hybridized carbons (Fsp3) is 0.367. The molecule has 1 saturated heterocycles. The summed E-state index contributed by atoms with van der Waals surface area (Å²) >= 11 is 0. The smallest absolute Gasteiger partial charge is 0.227 e. The van der Waals surface area contributed by atoms with Crippen molar-refractivity contribution in [3.8, 4) is 5.75 Å². The van der Waals surface area contributed by atoms with E-state index in [4.69, 9.17) is 4.74 Å². The van der Waals surface area contributed by atoms with E-state index >= 15 is 0 Å². The molecule has 0 aliphatic carbocycles. The molecular weight excluding hydrogens is 434 g/mol. The summed E-state index contributed by atoms with van der Waals surface area (Å²) in [5, 5.41) is 0. The average molecular weight is 470 g/mol. The van der Waals surface area contributed by atoms with Crippen molar-refractivity contribution in [1.82, 2.24) is 9.80 Å². The van der Waals surface area contributed by atoms with Crippen LogP contribution in [0.2, 0.25) is 0 Å². The van der Waals surface area contributed by atoms with E-state index in [0.717, 1.165) is 74.7 Å². The van der Waals surface area contributed by atoms with Crippen LogP contribution in [0, 0.1) is 0 Å². The van der Waals surface area contributed by atoms with Gasteiger partial charge in [0.25, 0.3) is 0 Å². The Hall–Kier alpha value is -3.15. The highest BCUT2D eigenvalue weighted by Crippen LogP contribution is 2.35. The normalized spacial score (nSPS) is 16.8. The molecule has 2 aliphatic rings. The van der Waals surface area contributed by atoms with E-state index in [2.05, 4.69) is 64.4 Å². The lowest BCUT2D eigenvalue weighted by Gasteiger charge is -2.34. The van der Waals surface area contributed by atoms with Crippen LogP contribution in [0.15, 0.2) is 78.9 Å². The predicted octanol–water partition coefficient (Wildman–Crippen LogP) is 4.75. The van der Waals surface area contributed by atoms with E-state index in [1.165, 1.54) is 5.56 Å². The van der Waals surface area contributed by atoms with Crippen LogP contribution >= 0.6 is 0 Å². The molecule has 2 heterocycles. The molecule has 35 heavy (non-hydrogen) atoms. The van der Waals surface area contributed by atoms with Crippen molar-refractivity contribution < 1.29 is 9.53 Å². The van der Waals surface area contributed by atoms with Crippen molar-refractivity contribution in [2.24, 2.45) is 0 Å². The van der Waals surface area contributed by atoms with Crippen molar-refractivity contribution in [3.63, 3.8) is 0 Å². The summed E-state index contributed by atoms with van der Waals surface area (Å²) in [7, 11) is 0. The van der Waals surface area contributed by atoms with E-state index in [1.807, 2.05) is 29.2 Å². The molecule has 5 nitrogen and oxygen atoms in total. The van der Waals surface area contributed by atoms with E-state index in [9.17, 15) is 4.79 Å². The number of anilines is 1. The number of hydrogen-bond donors (Lipinski definition) is 0. The third-order valence-corrected chi connectivity index (χ3v) is 7.06. The van der Waals surface area contributed by atoms with Gasteiger partial charge in [-0.05, 0) is 36.1 Å². The fourth-order valence-electron chi connectivity index (χ4n) is 5.12. The molecule has 1 amide bonds. The van der Waals surface area contributed by atoms with Gasteiger partial charge in [0.15, 0.2) is 0 Å². The van der Waals surface area contributed by atoms with Crippen molar-refractivity contribution in [1.29, 1.82) is 0 Å². The molecule has 0 radical (unpaired) electrons. The summed E-state index contributed by atoms with van der Waals surface area (Å²) in [5.74, 6) is 1.12. The molecule has 182 valence electrons. The Labute approximate surface area is 208 Å². The molecule has 0 atom stereocenters. The minimum absolute atomic E-state index is 0.185. The quantitative estimate of drug-likeness (QED) is 0.424. The molecule has 5 rings (SSSR count). The van der Waals surface area contributed by atoms with Gasteiger partial charge in [0.2, 0.25) is 5.91 Å². The van der Waals surface area contributed by atoms with Gasteiger partial charge in [-0.15, -0.1) is 0 Å². The zero-order chi connectivity index (χ0) is 23.9. The standard InChI is InChI=1S/C30H35N3O2/c34-30-16-15-27-28(33(30)24-26-11-5-2-6-12-26)13-7-14-29(27)35-22-8-17-31-18-20-32(21-19-31)23-25-9-3-1-4-10-25/h1-7,9-14H,8,15-24H2. The van der Waals surface area contributed by atoms with Crippen LogP contribution < -0.4 is 9.64 Å². The van der Waals surface area contributed by atoms with Crippen molar-refractivity contribution >= 4 is 11.6 Å². The summed E-state index contributed by atoms with van der Waals surface area (Å²) in [6.45, 7) is 7.88. The van der Waals surface area contributed by atoms with Gasteiger partial charge in [0.05, 0.1) is 18.8 Å². The lowest BCUT2D eigenvalue weighted by molar-refractivity contribution is -0.119. The molecule has 0 unspecified atom stereocenters. The third-order valence-electron chi connectivity index (χ3n) is 7.06. The van der Waals surface area contributed by atoms with Gasteiger partial charge in [-0.1, -0.05) is 66.7 Å². The van der Waals surface area contributed by atoms with Crippen molar-refractivity contribution in [2.75, 3.05) is 44.2 Å². The van der Waals surface area contributed by atoms with Gasteiger partial charge >= 0.3 is 0 Å². The number of ether oxygens (including phenoxy) is 1. The second-order valence-electron chi connectivity index (χ2n) is 9.52. The Balaban J connectivity index is 1.10. The maximum Gasteiger partial charge on any atom is 0.227 e. The first kappa shape index (κ1) is 23.6. The molecule has 0 bridgehead atoms. The topological polar surface area (TPSA) is 36.0 Å². The Morgan fingerprint density at radius 1 is 0.686 bits per heavy atom. The number of carbonyl (C=O) groups excluding carboxylic acids is 1. The summed E-state index contributed by atoms with van der Waals surface area (Å²) in [6, 6.07) is 27.0. The predicted molar refractivity (Wildman–Crippen MR) is 141 cm³/mol. The van der Waals surface area contributed by atoms with E-state index in [1.54, 1.807) is 0 Å². The summed E-state index contributed by atoms with van der Waals surface area (Å²) in [4.78, 5) is 19.7. The van der Waals surface area contributed by atoms with Crippen LogP contribution in [0.3, 0.4) is 0 Å². The van der Waals surface area contributed by atoms with Crippen molar-refractivity contribution in [2.45, 2.75) is 32.4 Å². The van der Waals surface area contributed by atoms with Gasteiger partial charge in [-0.25, -0.2) is 0 Å². The molecule has 1 fully saturated rings. The largest absolute Gasteiger partial charge is 0.493 e. The molecule has 5 heteroatoms. The molecule has 0 spiro atoms. The monoisotopic (exact) mass is 469 g/mol. The zero-order valence-electron chi connectivity index (χ0n) is 20.4. The van der Waals surface area contributed by atoms with Crippen LogP contribution in [0.25, 0.3) is 0 Å². The molecule has 0 aromatic heterocycles. The first-order chi connectivity index (χ1) is 17.3. The molecular formula is C30H35N3O2. The van der Waals surface area contributed by atoms with E-state index < -0.39 is 0 Å². The van der Waals surface area contributed by atoms with Crippen LogP contribution in [0.4, 0.5) is 5.69 Å². The van der Waals surface area contributed by atoms with Crippen LogP contribution in [0.5, 0.6) is 5.75 Å². The second-order valence-corrected chi connectivity index (χ2v) is 9.52. The minimum Gasteiger partial charge on any atom is -0.493 e. The summed E-state index contributed by atoms with van der Waals surface area (Å²) < 4.78 is 6.25.